The van der Waals surface area contributed by atoms with Gasteiger partial charge < -0.3 is 20.5 Å². The summed E-state index contributed by atoms with van der Waals surface area (Å²) in [5.74, 6) is 0.504. The fraction of sp³-hybridized carbons (Fsp3) is 0.222. The summed E-state index contributed by atoms with van der Waals surface area (Å²) in [7, 11) is 0. The molecule has 124 valence electrons. The molecule has 3 rings (SSSR count). The van der Waals surface area contributed by atoms with E-state index in [0.29, 0.717) is 17.9 Å². The van der Waals surface area contributed by atoms with Gasteiger partial charge in [-0.3, -0.25) is 9.59 Å². The van der Waals surface area contributed by atoms with Crippen molar-refractivity contribution in [3.63, 3.8) is 0 Å². The number of fused-ring (bicyclic) bond motifs is 1. The molecular formula is C18H18N2O4. The molecule has 0 radical (unpaired) electrons. The number of hydrogen-bond acceptors (Lipinski definition) is 4. The number of amides is 2. The van der Waals surface area contributed by atoms with E-state index in [9.17, 15) is 9.59 Å². The van der Waals surface area contributed by atoms with Crippen molar-refractivity contribution in [1.29, 1.82) is 0 Å². The van der Waals surface area contributed by atoms with E-state index in [4.69, 9.17) is 15.2 Å². The molecule has 1 atom stereocenters. The van der Waals surface area contributed by atoms with E-state index in [1.54, 1.807) is 18.2 Å². The summed E-state index contributed by atoms with van der Waals surface area (Å²) >= 11 is 0. The Hall–Kier alpha value is -3.02. The van der Waals surface area contributed by atoms with Gasteiger partial charge in [-0.25, -0.2) is 0 Å². The van der Waals surface area contributed by atoms with Crippen LogP contribution in [0.5, 0.6) is 11.5 Å². The van der Waals surface area contributed by atoms with Crippen LogP contribution in [0.4, 0.5) is 0 Å². The molecule has 1 heterocycles. The highest BCUT2D eigenvalue weighted by atomic mass is 16.5. The van der Waals surface area contributed by atoms with E-state index in [2.05, 4.69) is 5.32 Å². The molecule has 0 spiro atoms. The molecule has 2 amide bonds. The number of primary amides is 1. The molecule has 0 saturated heterocycles. The van der Waals surface area contributed by atoms with Crippen molar-refractivity contribution < 1.29 is 19.1 Å². The zero-order valence-corrected chi connectivity index (χ0v) is 13.0. The van der Waals surface area contributed by atoms with Gasteiger partial charge in [-0.15, -0.1) is 0 Å². The van der Waals surface area contributed by atoms with Crippen molar-refractivity contribution >= 4 is 11.8 Å². The first-order valence-corrected chi connectivity index (χ1v) is 7.66. The van der Waals surface area contributed by atoms with E-state index in [-0.39, 0.29) is 18.6 Å². The Morgan fingerprint density at radius 3 is 2.83 bits per heavy atom. The minimum atomic E-state index is -0.539. The highest BCUT2D eigenvalue weighted by Crippen LogP contribution is 2.27. The van der Waals surface area contributed by atoms with E-state index in [0.717, 1.165) is 17.7 Å². The van der Waals surface area contributed by atoms with Gasteiger partial charge in [-0.1, -0.05) is 24.3 Å². The van der Waals surface area contributed by atoms with Crippen LogP contribution >= 0.6 is 0 Å². The van der Waals surface area contributed by atoms with Crippen molar-refractivity contribution in [2.75, 3.05) is 13.2 Å². The number of ether oxygens (including phenoxy) is 2. The first kappa shape index (κ1) is 15.9. The summed E-state index contributed by atoms with van der Waals surface area (Å²) < 4.78 is 11.1. The zero-order valence-electron chi connectivity index (χ0n) is 13.0. The fourth-order valence-corrected chi connectivity index (χ4v) is 2.53. The molecule has 3 N–H and O–H groups in total. The van der Waals surface area contributed by atoms with Crippen LogP contribution in [0, 0.1) is 0 Å². The highest BCUT2D eigenvalue weighted by Gasteiger charge is 2.22. The third-order valence-electron chi connectivity index (χ3n) is 3.73. The number of rotatable bonds is 6. The summed E-state index contributed by atoms with van der Waals surface area (Å²) in [4.78, 5) is 23.0. The lowest BCUT2D eigenvalue weighted by Gasteiger charge is -2.12. The molecule has 1 aliphatic heterocycles. The van der Waals surface area contributed by atoms with E-state index in [1.807, 2.05) is 24.3 Å². The fourth-order valence-electron chi connectivity index (χ4n) is 2.53. The summed E-state index contributed by atoms with van der Waals surface area (Å²) in [5.41, 5.74) is 6.69. The predicted octanol–water partition coefficient (Wildman–Crippen LogP) is 1.28. The Labute approximate surface area is 139 Å². The molecule has 6 heteroatoms. The van der Waals surface area contributed by atoms with Crippen LogP contribution in [0.1, 0.15) is 15.9 Å². The molecule has 0 saturated carbocycles. The van der Waals surface area contributed by atoms with Crippen LogP contribution in [0.3, 0.4) is 0 Å². The van der Waals surface area contributed by atoms with Crippen molar-refractivity contribution in [1.82, 2.24) is 5.32 Å². The number of carbonyl (C=O) groups is 2. The molecule has 1 unspecified atom stereocenters. The van der Waals surface area contributed by atoms with Gasteiger partial charge in [0.1, 0.15) is 17.6 Å². The van der Waals surface area contributed by atoms with Crippen LogP contribution in [-0.2, 0) is 11.2 Å². The summed E-state index contributed by atoms with van der Waals surface area (Å²) in [6.07, 6.45) is 0.711. The molecule has 0 aromatic heterocycles. The van der Waals surface area contributed by atoms with Gasteiger partial charge in [0.2, 0.25) is 5.91 Å². The van der Waals surface area contributed by atoms with E-state index < -0.39 is 5.91 Å². The van der Waals surface area contributed by atoms with E-state index >= 15 is 0 Å². The first-order valence-electron chi connectivity index (χ1n) is 7.66. The average molecular weight is 326 g/mol. The van der Waals surface area contributed by atoms with E-state index in [1.165, 1.54) is 6.07 Å². The average Bonchev–Trinajstić information content (AvgIpc) is 3.01. The number of para-hydroxylation sites is 1. The first-order chi connectivity index (χ1) is 11.6. The molecule has 0 aliphatic carbocycles. The number of nitrogens with two attached hydrogens (primary N) is 1. The van der Waals surface area contributed by atoms with Crippen molar-refractivity contribution in [3.8, 4) is 11.5 Å². The lowest BCUT2D eigenvalue weighted by Crippen LogP contribution is -2.37. The Balaban J connectivity index is 1.44. The van der Waals surface area contributed by atoms with Gasteiger partial charge in [0.05, 0.1) is 6.54 Å². The summed E-state index contributed by atoms with van der Waals surface area (Å²) in [6, 6.07) is 14.2. The molecule has 6 nitrogen and oxygen atoms in total. The van der Waals surface area contributed by atoms with Crippen molar-refractivity contribution in [2.45, 2.75) is 12.5 Å². The second kappa shape index (κ2) is 7.04. The molecule has 2 aromatic carbocycles. The molecule has 24 heavy (non-hydrogen) atoms. The quantitative estimate of drug-likeness (QED) is 0.837. The van der Waals surface area contributed by atoms with Gasteiger partial charge in [-0.05, 0) is 29.8 Å². The Morgan fingerprint density at radius 2 is 2.04 bits per heavy atom. The minimum Gasteiger partial charge on any atom is -0.488 e. The predicted molar refractivity (Wildman–Crippen MR) is 88.0 cm³/mol. The number of hydrogen-bond donors (Lipinski definition) is 2. The second-order valence-electron chi connectivity index (χ2n) is 5.54. The lowest BCUT2D eigenvalue weighted by atomic mass is 10.1. The van der Waals surface area contributed by atoms with Crippen LogP contribution < -0.4 is 20.5 Å². The normalized spacial score (nSPS) is 15.2. The number of benzene rings is 2. The summed E-state index contributed by atoms with van der Waals surface area (Å²) in [5, 5.41) is 2.79. The number of nitrogens with one attached hydrogen (secondary N) is 1. The van der Waals surface area contributed by atoms with Crippen molar-refractivity contribution in [3.05, 3.63) is 59.7 Å². The van der Waals surface area contributed by atoms with Crippen LogP contribution in [0.2, 0.25) is 0 Å². The second-order valence-corrected chi connectivity index (χ2v) is 5.54. The lowest BCUT2D eigenvalue weighted by molar-refractivity contribution is -0.123. The molecule has 0 fully saturated rings. The third kappa shape index (κ3) is 3.84. The molecule has 1 aliphatic rings. The van der Waals surface area contributed by atoms with Crippen LogP contribution in [-0.4, -0.2) is 31.1 Å². The Bertz CT molecular complexity index is 735. The standard InChI is InChI=1S/C18H18N2O4/c19-18(22)13-5-3-6-14(9-13)23-11-17(21)20-10-15-8-12-4-1-2-7-16(12)24-15/h1-7,9,15H,8,10-11H2,(H2,19,22)(H,20,21). The smallest absolute Gasteiger partial charge is 0.258 e. The maximum absolute atomic E-state index is 11.9. The van der Waals surface area contributed by atoms with Gasteiger partial charge in [0, 0.05) is 12.0 Å². The zero-order chi connectivity index (χ0) is 16.9. The molecule has 0 bridgehead atoms. The number of carbonyl (C=O) groups excluding carboxylic acids is 2. The van der Waals surface area contributed by atoms with Gasteiger partial charge in [-0.2, -0.15) is 0 Å². The third-order valence-corrected chi connectivity index (χ3v) is 3.73. The van der Waals surface area contributed by atoms with Gasteiger partial charge in [0.25, 0.3) is 5.91 Å². The maximum Gasteiger partial charge on any atom is 0.258 e. The van der Waals surface area contributed by atoms with Crippen LogP contribution in [0.25, 0.3) is 0 Å². The van der Waals surface area contributed by atoms with Gasteiger partial charge in [0.15, 0.2) is 6.61 Å². The largest absolute Gasteiger partial charge is 0.488 e. The van der Waals surface area contributed by atoms with Crippen LogP contribution in [0.15, 0.2) is 48.5 Å². The minimum absolute atomic E-state index is 0.0652. The maximum atomic E-state index is 11.9. The Morgan fingerprint density at radius 1 is 1.21 bits per heavy atom. The van der Waals surface area contributed by atoms with Gasteiger partial charge >= 0.3 is 0 Å². The topological polar surface area (TPSA) is 90.7 Å². The monoisotopic (exact) mass is 326 g/mol. The highest BCUT2D eigenvalue weighted by molar-refractivity contribution is 5.93. The SMILES string of the molecule is NC(=O)c1cccc(OCC(=O)NCC2Cc3ccccc3O2)c1. The molecule has 2 aromatic rings. The van der Waals surface area contributed by atoms with Crippen molar-refractivity contribution in [2.24, 2.45) is 5.73 Å². The Kier molecular flexibility index (Phi) is 4.65. The summed E-state index contributed by atoms with van der Waals surface area (Å²) in [6.45, 7) is 0.278. The molecular weight excluding hydrogens is 308 g/mol.